The Hall–Kier alpha value is -0.313. The highest BCUT2D eigenvalue weighted by molar-refractivity contribution is 6.37. The van der Waals surface area contributed by atoms with Gasteiger partial charge in [-0.05, 0) is 44.1 Å². The lowest BCUT2D eigenvalue weighted by Gasteiger charge is -2.29. The van der Waals surface area contributed by atoms with Gasteiger partial charge in [0.05, 0.1) is 5.92 Å². The van der Waals surface area contributed by atoms with Gasteiger partial charge in [-0.2, -0.15) is 0 Å². The maximum absolute atomic E-state index is 12.3. The number of esters is 1. The lowest BCUT2D eigenvalue weighted by atomic mass is 9.88. The van der Waals surface area contributed by atoms with E-state index in [0.717, 1.165) is 40.7 Å². The molecule has 0 aliphatic heterocycles. The third kappa shape index (κ3) is 6.13. The molecule has 120 valence electrons. The molecule has 2 fully saturated rings. The second-order valence-electron chi connectivity index (χ2n) is 6.91. The van der Waals surface area contributed by atoms with Gasteiger partial charge in [0.25, 0.3) is 0 Å². The van der Waals surface area contributed by atoms with Crippen molar-refractivity contribution in [2.75, 3.05) is 0 Å². The third-order valence-corrected chi connectivity index (χ3v) is 6.91. The molecule has 0 saturated heterocycles. The molecule has 2 saturated carbocycles. The Labute approximate surface area is 133 Å². The Kier molecular flexibility index (Phi) is 7.84. The highest BCUT2D eigenvalue weighted by Gasteiger charge is 2.29. The minimum atomic E-state index is 0.120. The minimum Gasteiger partial charge on any atom is -0.462 e. The first kappa shape index (κ1) is 17.0. The summed E-state index contributed by atoms with van der Waals surface area (Å²) in [7, 11) is 1.13. The van der Waals surface area contributed by atoms with E-state index in [1.807, 2.05) is 0 Å². The maximum Gasteiger partial charge on any atom is 0.309 e. The van der Waals surface area contributed by atoms with Crippen molar-refractivity contribution < 1.29 is 9.53 Å². The number of hydrogen-bond donors (Lipinski definition) is 0. The molecular weight excluding hydrogens is 276 g/mol. The number of carbonyl (C=O) groups is 1. The number of unbranched alkanes of at least 4 members (excludes halogenated alkanes) is 2. The molecule has 0 atom stereocenters. The highest BCUT2D eigenvalue weighted by atomic mass is 28.2. The van der Waals surface area contributed by atoms with Crippen molar-refractivity contribution in [3.05, 3.63) is 0 Å². The van der Waals surface area contributed by atoms with Crippen LogP contribution in [-0.4, -0.2) is 21.6 Å². The van der Waals surface area contributed by atoms with Crippen LogP contribution in [0.2, 0.25) is 11.6 Å². The van der Waals surface area contributed by atoms with Crippen molar-refractivity contribution in [3.63, 3.8) is 0 Å². The van der Waals surface area contributed by atoms with E-state index in [2.05, 4.69) is 6.92 Å². The third-order valence-electron chi connectivity index (χ3n) is 5.11. The normalized spacial score (nSPS) is 27.5. The molecule has 0 heterocycles. The molecule has 2 aliphatic rings. The summed E-state index contributed by atoms with van der Waals surface area (Å²) >= 11 is 0. The summed E-state index contributed by atoms with van der Waals surface area (Å²) in [6.07, 6.45) is 15.0. The van der Waals surface area contributed by atoms with Gasteiger partial charge in [-0.25, -0.2) is 0 Å². The van der Waals surface area contributed by atoms with Crippen LogP contribution in [0.4, 0.5) is 0 Å². The van der Waals surface area contributed by atoms with E-state index in [0.29, 0.717) is 0 Å². The lowest BCUT2D eigenvalue weighted by Crippen LogP contribution is -2.28. The molecule has 0 bridgehead atoms. The molecule has 0 spiro atoms. The van der Waals surface area contributed by atoms with Crippen LogP contribution < -0.4 is 0 Å². The van der Waals surface area contributed by atoms with Crippen molar-refractivity contribution in [2.24, 2.45) is 5.92 Å². The van der Waals surface area contributed by atoms with E-state index in [-0.39, 0.29) is 18.0 Å². The summed E-state index contributed by atoms with van der Waals surface area (Å²) < 4.78 is 5.74. The fourth-order valence-corrected chi connectivity index (χ4v) is 5.26. The van der Waals surface area contributed by atoms with E-state index in [4.69, 9.17) is 4.74 Å². The monoisotopic (exact) mass is 308 g/mol. The van der Waals surface area contributed by atoms with Gasteiger partial charge in [0, 0.05) is 9.52 Å². The predicted molar refractivity (Wildman–Crippen MR) is 88.8 cm³/mol. The summed E-state index contributed by atoms with van der Waals surface area (Å²) in [6.45, 7) is 2.27. The molecule has 2 radical (unpaired) electrons. The van der Waals surface area contributed by atoms with Crippen LogP contribution in [0.15, 0.2) is 0 Å². The molecule has 0 aromatic rings. The fourth-order valence-electron chi connectivity index (χ4n) is 3.66. The van der Waals surface area contributed by atoms with Crippen LogP contribution in [0, 0.1) is 5.92 Å². The van der Waals surface area contributed by atoms with E-state index in [1.165, 1.54) is 57.4 Å². The second-order valence-corrected chi connectivity index (χ2v) is 8.63. The zero-order valence-corrected chi connectivity index (χ0v) is 14.7. The Morgan fingerprint density at radius 1 is 1.00 bits per heavy atom. The largest absolute Gasteiger partial charge is 0.462 e. The SMILES string of the molecule is CCCCC[Si]C1CCC(C(=O)OC2CCCCC2)CC1. The van der Waals surface area contributed by atoms with E-state index < -0.39 is 0 Å². The van der Waals surface area contributed by atoms with Crippen LogP contribution >= 0.6 is 0 Å². The average molecular weight is 309 g/mol. The first-order chi connectivity index (χ1) is 10.3. The van der Waals surface area contributed by atoms with Gasteiger partial charge in [-0.15, -0.1) is 0 Å². The number of hydrogen-bond acceptors (Lipinski definition) is 2. The van der Waals surface area contributed by atoms with Gasteiger partial charge in [0.2, 0.25) is 0 Å². The summed E-state index contributed by atoms with van der Waals surface area (Å²) in [5.74, 6) is 0.332. The van der Waals surface area contributed by atoms with Crippen molar-refractivity contribution in [1.29, 1.82) is 0 Å². The van der Waals surface area contributed by atoms with Crippen LogP contribution in [0.1, 0.15) is 84.0 Å². The first-order valence-electron chi connectivity index (χ1n) is 9.23. The summed E-state index contributed by atoms with van der Waals surface area (Å²) in [4.78, 5) is 12.3. The maximum atomic E-state index is 12.3. The van der Waals surface area contributed by atoms with Crippen LogP contribution in [0.25, 0.3) is 0 Å². The van der Waals surface area contributed by atoms with Crippen LogP contribution in [0.5, 0.6) is 0 Å². The molecule has 3 heteroatoms. The topological polar surface area (TPSA) is 26.3 Å². The van der Waals surface area contributed by atoms with Gasteiger partial charge in [-0.1, -0.05) is 51.5 Å². The zero-order chi connectivity index (χ0) is 14.9. The van der Waals surface area contributed by atoms with Crippen molar-refractivity contribution in [2.45, 2.75) is 102 Å². The van der Waals surface area contributed by atoms with Crippen molar-refractivity contribution >= 4 is 15.5 Å². The molecule has 21 heavy (non-hydrogen) atoms. The Bertz CT molecular complexity index is 292. The highest BCUT2D eigenvalue weighted by Crippen LogP contribution is 2.34. The molecule has 0 N–H and O–H groups in total. The van der Waals surface area contributed by atoms with Gasteiger partial charge in [0.1, 0.15) is 6.10 Å². The molecule has 0 amide bonds. The number of rotatable bonds is 7. The van der Waals surface area contributed by atoms with Crippen molar-refractivity contribution in [1.82, 2.24) is 0 Å². The zero-order valence-electron chi connectivity index (χ0n) is 13.7. The smallest absolute Gasteiger partial charge is 0.309 e. The Morgan fingerprint density at radius 3 is 2.38 bits per heavy atom. The summed E-state index contributed by atoms with van der Waals surface area (Å²) in [5, 5.41) is 0. The van der Waals surface area contributed by atoms with E-state index in [1.54, 1.807) is 0 Å². The molecule has 2 nitrogen and oxygen atoms in total. The lowest BCUT2D eigenvalue weighted by molar-refractivity contribution is -0.156. The molecule has 0 unspecified atom stereocenters. The average Bonchev–Trinajstić information content (AvgIpc) is 2.53. The number of ether oxygens (including phenoxy) is 1. The van der Waals surface area contributed by atoms with E-state index in [9.17, 15) is 4.79 Å². The van der Waals surface area contributed by atoms with Crippen LogP contribution in [-0.2, 0) is 9.53 Å². The molecule has 0 aromatic carbocycles. The number of carbonyl (C=O) groups excluding carboxylic acids is 1. The minimum absolute atomic E-state index is 0.120. The summed E-state index contributed by atoms with van der Waals surface area (Å²) in [6, 6.07) is 1.41. The van der Waals surface area contributed by atoms with Gasteiger partial charge < -0.3 is 4.74 Å². The van der Waals surface area contributed by atoms with Gasteiger partial charge >= 0.3 is 5.97 Å². The predicted octanol–water partition coefficient (Wildman–Crippen LogP) is 5.15. The molecule has 2 aliphatic carbocycles. The molecule has 2 rings (SSSR count). The Morgan fingerprint density at radius 2 is 1.71 bits per heavy atom. The van der Waals surface area contributed by atoms with Gasteiger partial charge in [-0.3, -0.25) is 4.79 Å². The summed E-state index contributed by atoms with van der Waals surface area (Å²) in [5.41, 5.74) is 0.903. The van der Waals surface area contributed by atoms with Crippen LogP contribution in [0.3, 0.4) is 0 Å². The molecule has 0 aromatic heterocycles. The quantitative estimate of drug-likeness (QED) is 0.369. The second kappa shape index (κ2) is 9.65. The van der Waals surface area contributed by atoms with Gasteiger partial charge in [0.15, 0.2) is 0 Å². The fraction of sp³-hybridized carbons (Fsp3) is 0.944. The molecular formula is C18H32O2Si. The van der Waals surface area contributed by atoms with Crippen molar-refractivity contribution in [3.8, 4) is 0 Å². The van der Waals surface area contributed by atoms with E-state index >= 15 is 0 Å². The first-order valence-corrected chi connectivity index (χ1v) is 10.5. The Balaban J connectivity index is 1.60. The standard InChI is InChI=1S/C18H32O2Si/c1-2-3-7-14-21-17-12-10-15(11-13-17)18(19)20-16-8-5-4-6-9-16/h15-17H,2-14H2,1H3.